The molecule has 0 aromatic carbocycles. The first-order chi connectivity index (χ1) is 4.89. The molecule has 3 N–H and O–H groups in total. The molecule has 1 aromatic rings. The SMILES string of the molecule is F[B-](F)(F)F.Nc1ncc[nH]1. The predicted octanol–water partition coefficient (Wildman–Crippen LogP) is 1.29. The van der Waals surface area contributed by atoms with Gasteiger partial charge in [0, 0.05) is 12.4 Å². The summed E-state index contributed by atoms with van der Waals surface area (Å²) in [4.78, 5) is 6.31. The van der Waals surface area contributed by atoms with E-state index in [9.17, 15) is 17.3 Å². The van der Waals surface area contributed by atoms with Crippen LogP contribution in [0, 0.1) is 0 Å². The maximum absolute atomic E-state index is 9.75. The van der Waals surface area contributed by atoms with Crippen molar-refractivity contribution in [3.05, 3.63) is 12.4 Å². The quantitative estimate of drug-likeness (QED) is 0.455. The lowest BCUT2D eigenvalue weighted by molar-refractivity contribution is 0.368. The molecule has 0 bridgehead atoms. The number of nitrogens with one attached hydrogen (secondary N) is 1. The Bertz CT molecular complexity index is 177. The molecular formula is C3H5BF4N3-. The normalized spacial score (nSPS) is 10.2. The lowest BCUT2D eigenvalue weighted by atomic mass is 10.3. The average Bonchev–Trinajstić information content (AvgIpc) is 2.12. The highest BCUT2D eigenvalue weighted by atomic mass is 19.5. The summed E-state index contributed by atoms with van der Waals surface area (Å²) in [7, 11) is -6.00. The van der Waals surface area contributed by atoms with E-state index in [1.807, 2.05) is 0 Å². The van der Waals surface area contributed by atoms with Gasteiger partial charge in [0.05, 0.1) is 0 Å². The summed E-state index contributed by atoms with van der Waals surface area (Å²) in [6.45, 7) is 0. The minimum absolute atomic E-state index is 0.468. The van der Waals surface area contributed by atoms with Gasteiger partial charge < -0.3 is 28.0 Å². The number of nitrogens with two attached hydrogens (primary N) is 1. The van der Waals surface area contributed by atoms with Crippen molar-refractivity contribution in [2.24, 2.45) is 0 Å². The molecule has 0 fully saturated rings. The first-order valence-corrected chi connectivity index (χ1v) is 2.52. The van der Waals surface area contributed by atoms with Crippen molar-refractivity contribution in [1.82, 2.24) is 9.97 Å². The van der Waals surface area contributed by atoms with Crippen LogP contribution in [0.1, 0.15) is 0 Å². The van der Waals surface area contributed by atoms with Crippen LogP contribution in [0.5, 0.6) is 0 Å². The minimum Gasteiger partial charge on any atom is -0.418 e. The number of anilines is 1. The van der Waals surface area contributed by atoms with Crippen LogP contribution >= 0.6 is 0 Å². The van der Waals surface area contributed by atoms with Crippen molar-refractivity contribution < 1.29 is 17.3 Å². The number of aromatic nitrogens is 2. The molecule has 0 amide bonds. The fraction of sp³-hybridized carbons (Fsp3) is 0. The van der Waals surface area contributed by atoms with Crippen LogP contribution in [0.15, 0.2) is 12.4 Å². The molecule has 0 radical (unpaired) electrons. The molecule has 0 aliphatic heterocycles. The van der Waals surface area contributed by atoms with E-state index in [0.29, 0.717) is 5.95 Å². The number of hydrogen-bond donors (Lipinski definition) is 2. The highest BCUT2D eigenvalue weighted by Crippen LogP contribution is 2.06. The van der Waals surface area contributed by atoms with Crippen LogP contribution in [-0.2, 0) is 0 Å². The Morgan fingerprint density at radius 3 is 1.91 bits per heavy atom. The number of nitrogen functional groups attached to an aromatic ring is 1. The number of aromatic amines is 1. The largest absolute Gasteiger partial charge is 0.673 e. The van der Waals surface area contributed by atoms with E-state index in [2.05, 4.69) is 9.97 Å². The molecule has 0 saturated heterocycles. The Morgan fingerprint density at radius 2 is 1.82 bits per heavy atom. The van der Waals surface area contributed by atoms with E-state index in [1.165, 1.54) is 0 Å². The Labute approximate surface area is 59.7 Å². The van der Waals surface area contributed by atoms with Gasteiger partial charge in [0.25, 0.3) is 0 Å². The van der Waals surface area contributed by atoms with Gasteiger partial charge in [-0.3, -0.25) is 0 Å². The highest BCUT2D eigenvalue weighted by molar-refractivity contribution is 6.50. The zero-order valence-corrected chi connectivity index (χ0v) is 5.27. The number of rotatable bonds is 0. The zero-order chi connectivity index (χ0) is 8.91. The van der Waals surface area contributed by atoms with Crippen LogP contribution in [0.3, 0.4) is 0 Å². The molecule has 0 atom stereocenters. The van der Waals surface area contributed by atoms with Crippen molar-refractivity contribution in [2.75, 3.05) is 5.73 Å². The Morgan fingerprint density at radius 1 is 1.36 bits per heavy atom. The van der Waals surface area contributed by atoms with E-state index >= 15 is 0 Å². The molecule has 0 unspecified atom stereocenters. The number of imidazole rings is 1. The molecule has 8 heteroatoms. The molecule has 3 nitrogen and oxygen atoms in total. The van der Waals surface area contributed by atoms with E-state index in [1.54, 1.807) is 12.4 Å². The third kappa shape index (κ3) is 12.1. The maximum Gasteiger partial charge on any atom is 0.673 e. The van der Waals surface area contributed by atoms with Crippen molar-refractivity contribution in [1.29, 1.82) is 0 Å². The Hall–Kier alpha value is -1.21. The van der Waals surface area contributed by atoms with Gasteiger partial charge in [-0.05, 0) is 0 Å². The third-order valence-corrected chi connectivity index (χ3v) is 0.519. The van der Waals surface area contributed by atoms with E-state index in [0.717, 1.165) is 0 Å². The van der Waals surface area contributed by atoms with Crippen molar-refractivity contribution in [2.45, 2.75) is 0 Å². The fourth-order valence-electron chi connectivity index (χ4n) is 0.277. The first kappa shape index (κ1) is 9.79. The molecule has 0 aliphatic carbocycles. The molecule has 1 rings (SSSR count). The molecule has 0 saturated carbocycles. The molecule has 1 heterocycles. The van der Waals surface area contributed by atoms with Gasteiger partial charge in [-0.25, -0.2) is 4.98 Å². The van der Waals surface area contributed by atoms with Crippen molar-refractivity contribution in [3.63, 3.8) is 0 Å². The summed E-state index contributed by atoms with van der Waals surface area (Å²) >= 11 is 0. The number of nitrogens with zero attached hydrogens (tertiary/aromatic N) is 1. The average molecular weight is 170 g/mol. The summed E-state index contributed by atoms with van der Waals surface area (Å²) in [5, 5.41) is 0. The molecule has 64 valence electrons. The topological polar surface area (TPSA) is 54.7 Å². The second kappa shape index (κ2) is 3.84. The number of halogens is 4. The van der Waals surface area contributed by atoms with Crippen molar-refractivity contribution in [3.8, 4) is 0 Å². The van der Waals surface area contributed by atoms with Gasteiger partial charge in [0.1, 0.15) is 0 Å². The highest BCUT2D eigenvalue weighted by Gasteiger charge is 2.20. The molecular weight excluding hydrogens is 165 g/mol. The summed E-state index contributed by atoms with van der Waals surface area (Å²) < 4.78 is 39.0. The standard InChI is InChI=1S/C3H5N3.BF4/c4-3-5-1-2-6-3;2-1(3,4)5/h1-2H,(H3,4,5,6);/q;-1. The van der Waals surface area contributed by atoms with E-state index < -0.39 is 7.25 Å². The van der Waals surface area contributed by atoms with Crippen LogP contribution in [0.2, 0.25) is 0 Å². The summed E-state index contributed by atoms with van der Waals surface area (Å²) in [6, 6.07) is 0. The lowest BCUT2D eigenvalue weighted by Gasteiger charge is -1.94. The van der Waals surface area contributed by atoms with Gasteiger partial charge in [-0.1, -0.05) is 0 Å². The number of H-pyrrole nitrogens is 1. The predicted molar refractivity (Wildman–Crippen MR) is 33.2 cm³/mol. The lowest BCUT2D eigenvalue weighted by Crippen LogP contribution is -2.02. The number of hydrogen-bond acceptors (Lipinski definition) is 2. The third-order valence-electron chi connectivity index (χ3n) is 0.519. The zero-order valence-electron chi connectivity index (χ0n) is 5.27. The van der Waals surface area contributed by atoms with Gasteiger partial charge >= 0.3 is 7.25 Å². The Kier molecular flexibility index (Phi) is 3.42. The molecule has 0 aliphatic rings. The molecule has 11 heavy (non-hydrogen) atoms. The van der Waals surface area contributed by atoms with Crippen molar-refractivity contribution >= 4 is 13.2 Å². The van der Waals surface area contributed by atoms with Gasteiger partial charge in [-0.2, -0.15) is 0 Å². The van der Waals surface area contributed by atoms with Gasteiger partial charge in [-0.15, -0.1) is 0 Å². The van der Waals surface area contributed by atoms with Gasteiger partial charge in [0.2, 0.25) is 0 Å². The van der Waals surface area contributed by atoms with Crippen LogP contribution in [0.4, 0.5) is 23.2 Å². The second-order valence-electron chi connectivity index (χ2n) is 1.47. The van der Waals surface area contributed by atoms with E-state index in [-0.39, 0.29) is 0 Å². The second-order valence-corrected chi connectivity index (χ2v) is 1.47. The molecule has 1 aromatic heterocycles. The summed E-state index contributed by atoms with van der Waals surface area (Å²) in [6.07, 6.45) is 3.28. The Balaban J connectivity index is 0.000000187. The summed E-state index contributed by atoms with van der Waals surface area (Å²) in [5.41, 5.74) is 5.11. The van der Waals surface area contributed by atoms with Crippen LogP contribution in [-0.4, -0.2) is 17.2 Å². The van der Waals surface area contributed by atoms with E-state index in [4.69, 9.17) is 5.73 Å². The first-order valence-electron chi connectivity index (χ1n) is 2.52. The van der Waals surface area contributed by atoms with Crippen LogP contribution < -0.4 is 5.73 Å². The fourth-order valence-corrected chi connectivity index (χ4v) is 0.277. The smallest absolute Gasteiger partial charge is 0.418 e. The van der Waals surface area contributed by atoms with Crippen LogP contribution in [0.25, 0.3) is 0 Å². The summed E-state index contributed by atoms with van der Waals surface area (Å²) in [5.74, 6) is 0.468. The monoisotopic (exact) mass is 170 g/mol. The molecule has 0 spiro atoms. The minimum atomic E-state index is -6.00. The van der Waals surface area contributed by atoms with Gasteiger partial charge in [0.15, 0.2) is 5.95 Å². The maximum atomic E-state index is 9.75.